The molecule has 0 bridgehead atoms. The highest BCUT2D eigenvalue weighted by atomic mass is 35.5. The van der Waals surface area contributed by atoms with Crippen molar-refractivity contribution in [2.24, 2.45) is 5.73 Å². The standard InChI is InChI=1S/C16H16ClN3O/c17-11-8-13(16(19)21)15(18)20(9-11)14-7-3-5-10-4-1-2-6-12(10)14/h3,5,7-9,18H,1-2,4,6H2,(H2,19,21). The molecule has 1 aliphatic rings. The number of hydrogen-bond acceptors (Lipinski definition) is 2. The van der Waals surface area contributed by atoms with Crippen LogP contribution < -0.4 is 11.2 Å². The number of carbonyl (C=O) groups is 1. The summed E-state index contributed by atoms with van der Waals surface area (Å²) in [5.41, 5.74) is 9.01. The van der Waals surface area contributed by atoms with E-state index in [0.717, 1.165) is 24.9 Å². The number of aromatic nitrogens is 1. The van der Waals surface area contributed by atoms with Gasteiger partial charge in [-0.15, -0.1) is 0 Å². The maximum absolute atomic E-state index is 11.5. The van der Waals surface area contributed by atoms with Gasteiger partial charge in [0.25, 0.3) is 5.91 Å². The summed E-state index contributed by atoms with van der Waals surface area (Å²) in [6.07, 6.45) is 6.04. The van der Waals surface area contributed by atoms with Gasteiger partial charge in [0.2, 0.25) is 0 Å². The number of nitrogens with two attached hydrogens (primary N) is 1. The maximum Gasteiger partial charge on any atom is 0.252 e. The molecule has 0 aliphatic heterocycles. The molecule has 1 heterocycles. The number of pyridine rings is 1. The zero-order valence-electron chi connectivity index (χ0n) is 11.5. The molecule has 0 spiro atoms. The molecule has 108 valence electrons. The molecule has 5 heteroatoms. The lowest BCUT2D eigenvalue weighted by molar-refractivity contribution is 0.0998. The molecule has 1 amide bonds. The second kappa shape index (κ2) is 5.37. The first-order chi connectivity index (χ1) is 10.1. The molecular weight excluding hydrogens is 286 g/mol. The molecule has 4 nitrogen and oxygen atoms in total. The Kier molecular flexibility index (Phi) is 3.55. The van der Waals surface area contributed by atoms with Crippen molar-refractivity contribution in [1.82, 2.24) is 4.57 Å². The number of rotatable bonds is 2. The van der Waals surface area contributed by atoms with Crippen molar-refractivity contribution in [3.8, 4) is 5.69 Å². The average Bonchev–Trinajstić information content (AvgIpc) is 2.48. The normalized spacial score (nSPS) is 13.8. The quantitative estimate of drug-likeness (QED) is 0.879. The monoisotopic (exact) mass is 301 g/mol. The van der Waals surface area contributed by atoms with Crippen LogP contribution in [0.4, 0.5) is 0 Å². The van der Waals surface area contributed by atoms with Crippen molar-refractivity contribution >= 4 is 17.5 Å². The first-order valence-electron chi connectivity index (χ1n) is 6.95. The summed E-state index contributed by atoms with van der Waals surface area (Å²) >= 11 is 6.09. The maximum atomic E-state index is 11.5. The predicted octanol–water partition coefficient (Wildman–Crippen LogP) is 2.59. The number of benzene rings is 1. The SMILES string of the molecule is N=c1c(C(N)=O)cc(Cl)cn1-c1cccc2c1CCCC2. The topological polar surface area (TPSA) is 71.9 Å². The van der Waals surface area contributed by atoms with Crippen LogP contribution in [0, 0.1) is 5.41 Å². The summed E-state index contributed by atoms with van der Waals surface area (Å²) in [6.45, 7) is 0. The molecule has 1 aromatic heterocycles. The molecule has 2 aromatic rings. The van der Waals surface area contributed by atoms with Gasteiger partial charge in [-0.3, -0.25) is 14.8 Å². The van der Waals surface area contributed by atoms with Crippen LogP contribution in [-0.4, -0.2) is 10.5 Å². The highest BCUT2D eigenvalue weighted by Gasteiger charge is 2.16. The fraction of sp³-hybridized carbons (Fsp3) is 0.250. The minimum Gasteiger partial charge on any atom is -0.365 e. The molecule has 21 heavy (non-hydrogen) atoms. The summed E-state index contributed by atoms with van der Waals surface area (Å²) in [7, 11) is 0. The van der Waals surface area contributed by atoms with E-state index in [4.69, 9.17) is 22.7 Å². The largest absolute Gasteiger partial charge is 0.365 e. The van der Waals surface area contributed by atoms with E-state index in [1.54, 1.807) is 10.8 Å². The van der Waals surface area contributed by atoms with Crippen molar-refractivity contribution in [1.29, 1.82) is 5.41 Å². The molecular formula is C16H16ClN3O. The van der Waals surface area contributed by atoms with Crippen molar-refractivity contribution in [2.75, 3.05) is 0 Å². The van der Waals surface area contributed by atoms with Gasteiger partial charge in [-0.05, 0) is 48.9 Å². The van der Waals surface area contributed by atoms with Gasteiger partial charge in [-0.1, -0.05) is 23.7 Å². The number of halogens is 1. The van der Waals surface area contributed by atoms with Crippen LogP contribution in [0.2, 0.25) is 5.02 Å². The van der Waals surface area contributed by atoms with Crippen molar-refractivity contribution < 1.29 is 4.79 Å². The Morgan fingerprint density at radius 3 is 2.81 bits per heavy atom. The third-order valence-corrected chi connectivity index (χ3v) is 4.13. The molecule has 1 aromatic carbocycles. The van der Waals surface area contributed by atoms with Gasteiger partial charge in [0.05, 0.1) is 16.3 Å². The van der Waals surface area contributed by atoms with Gasteiger partial charge in [0.1, 0.15) is 5.49 Å². The molecule has 1 aliphatic carbocycles. The van der Waals surface area contributed by atoms with Gasteiger partial charge in [-0.25, -0.2) is 0 Å². The summed E-state index contributed by atoms with van der Waals surface area (Å²) in [5.74, 6) is -0.638. The number of nitrogens with one attached hydrogen (secondary N) is 1. The van der Waals surface area contributed by atoms with E-state index in [1.807, 2.05) is 12.1 Å². The van der Waals surface area contributed by atoms with Crippen molar-refractivity contribution in [3.05, 3.63) is 57.7 Å². The lowest BCUT2D eigenvalue weighted by Crippen LogP contribution is -2.29. The van der Waals surface area contributed by atoms with Crippen molar-refractivity contribution in [2.45, 2.75) is 25.7 Å². The van der Waals surface area contributed by atoms with Crippen LogP contribution in [0.25, 0.3) is 5.69 Å². The average molecular weight is 302 g/mol. The Balaban J connectivity index is 2.27. The van der Waals surface area contributed by atoms with E-state index in [-0.39, 0.29) is 11.1 Å². The van der Waals surface area contributed by atoms with Crippen LogP contribution in [-0.2, 0) is 12.8 Å². The van der Waals surface area contributed by atoms with Gasteiger partial charge >= 0.3 is 0 Å². The Morgan fingerprint density at radius 2 is 2.05 bits per heavy atom. The highest BCUT2D eigenvalue weighted by Crippen LogP contribution is 2.26. The number of primary amides is 1. The number of hydrogen-bond donors (Lipinski definition) is 2. The van der Waals surface area contributed by atoms with Crippen LogP contribution in [0.5, 0.6) is 0 Å². The molecule has 0 unspecified atom stereocenters. The van der Waals surface area contributed by atoms with Crippen LogP contribution in [0.3, 0.4) is 0 Å². The smallest absolute Gasteiger partial charge is 0.252 e. The molecule has 0 atom stereocenters. The minimum atomic E-state index is -0.638. The second-order valence-electron chi connectivity index (χ2n) is 5.28. The first kappa shape index (κ1) is 13.9. The van der Waals surface area contributed by atoms with E-state index < -0.39 is 5.91 Å². The number of fused-ring (bicyclic) bond motifs is 1. The van der Waals surface area contributed by atoms with E-state index in [1.165, 1.54) is 23.6 Å². The second-order valence-corrected chi connectivity index (χ2v) is 5.71. The van der Waals surface area contributed by atoms with E-state index in [0.29, 0.717) is 5.02 Å². The Hall–Kier alpha value is -2.07. The fourth-order valence-electron chi connectivity index (χ4n) is 2.93. The summed E-state index contributed by atoms with van der Waals surface area (Å²) in [5, 5.41) is 8.63. The van der Waals surface area contributed by atoms with E-state index >= 15 is 0 Å². The summed E-state index contributed by atoms with van der Waals surface area (Å²) in [4.78, 5) is 11.5. The molecule has 0 fully saturated rings. The fourth-order valence-corrected chi connectivity index (χ4v) is 3.13. The third-order valence-electron chi connectivity index (χ3n) is 3.93. The van der Waals surface area contributed by atoms with Gasteiger partial charge in [-0.2, -0.15) is 0 Å². The number of amides is 1. The zero-order valence-corrected chi connectivity index (χ0v) is 12.3. The molecule has 3 N–H and O–H groups in total. The third kappa shape index (κ3) is 2.47. The van der Waals surface area contributed by atoms with E-state index in [2.05, 4.69) is 6.07 Å². The first-order valence-corrected chi connectivity index (χ1v) is 7.33. The molecule has 0 saturated heterocycles. The van der Waals surface area contributed by atoms with Gasteiger partial charge in [0.15, 0.2) is 0 Å². The minimum absolute atomic E-state index is 0.0749. The zero-order chi connectivity index (χ0) is 15.0. The Bertz CT molecular complexity index is 780. The molecule has 0 saturated carbocycles. The van der Waals surface area contributed by atoms with Crippen molar-refractivity contribution in [3.63, 3.8) is 0 Å². The summed E-state index contributed by atoms with van der Waals surface area (Å²) in [6, 6.07) is 7.51. The van der Waals surface area contributed by atoms with Gasteiger partial charge in [0, 0.05) is 6.20 Å². The predicted molar refractivity (Wildman–Crippen MR) is 81.8 cm³/mol. The lowest BCUT2D eigenvalue weighted by Gasteiger charge is -2.21. The summed E-state index contributed by atoms with van der Waals surface area (Å²) < 4.78 is 1.66. The Labute approximate surface area is 127 Å². The van der Waals surface area contributed by atoms with Crippen LogP contribution in [0.15, 0.2) is 30.5 Å². The number of nitrogens with zero attached hydrogens (tertiary/aromatic N) is 1. The van der Waals surface area contributed by atoms with E-state index in [9.17, 15) is 4.79 Å². The lowest BCUT2D eigenvalue weighted by atomic mass is 9.90. The molecule has 3 rings (SSSR count). The molecule has 0 radical (unpaired) electrons. The number of carbonyl (C=O) groups excluding carboxylic acids is 1. The Morgan fingerprint density at radius 1 is 1.29 bits per heavy atom. The highest BCUT2D eigenvalue weighted by molar-refractivity contribution is 6.30. The van der Waals surface area contributed by atoms with Crippen LogP contribution >= 0.6 is 11.6 Å². The number of aryl methyl sites for hydroxylation is 1. The van der Waals surface area contributed by atoms with Gasteiger partial charge < -0.3 is 5.73 Å². The van der Waals surface area contributed by atoms with Crippen LogP contribution in [0.1, 0.15) is 34.3 Å².